The Balaban J connectivity index is 1.57. The fraction of sp³-hybridized carbons (Fsp3) is 0.481. The first kappa shape index (κ1) is 26.3. The Labute approximate surface area is 215 Å². The van der Waals surface area contributed by atoms with Crippen molar-refractivity contribution in [2.24, 2.45) is 5.92 Å². The maximum absolute atomic E-state index is 14.8. The molecule has 2 aromatic rings. The molecule has 1 saturated heterocycles. The lowest BCUT2D eigenvalue weighted by Crippen LogP contribution is -2.43. The zero-order valence-corrected chi connectivity index (χ0v) is 21.5. The smallest absolute Gasteiger partial charge is 0.307 e. The number of ketones is 1. The van der Waals surface area contributed by atoms with Crippen LogP contribution in [0.1, 0.15) is 56.8 Å². The van der Waals surface area contributed by atoms with Gasteiger partial charge in [-0.1, -0.05) is 30.0 Å². The molecule has 1 aromatic carbocycles. The van der Waals surface area contributed by atoms with E-state index in [4.69, 9.17) is 4.74 Å². The van der Waals surface area contributed by atoms with Crippen molar-refractivity contribution >= 4 is 34.7 Å². The summed E-state index contributed by atoms with van der Waals surface area (Å²) in [4.78, 5) is 39.0. The minimum atomic E-state index is -0.646. The number of likely N-dealkylation sites (tertiary alicyclic amines) is 1. The minimum absolute atomic E-state index is 0.0125. The Kier molecular flexibility index (Phi) is 8.74. The Morgan fingerprint density at radius 1 is 1.22 bits per heavy atom. The van der Waals surface area contributed by atoms with Gasteiger partial charge in [0.2, 0.25) is 0 Å². The summed E-state index contributed by atoms with van der Waals surface area (Å²) in [5, 5.41) is 4.54. The number of esters is 1. The van der Waals surface area contributed by atoms with Crippen molar-refractivity contribution < 1.29 is 23.5 Å². The van der Waals surface area contributed by atoms with Gasteiger partial charge in [-0.25, -0.2) is 4.39 Å². The molecule has 2 aliphatic rings. The Hall–Kier alpha value is -2.78. The molecule has 2 heterocycles. The molecule has 0 radical (unpaired) electrons. The molecule has 9 heteroatoms. The number of rotatable bonds is 10. The molecule has 1 aliphatic carbocycles. The number of halogens is 1. The molecule has 192 valence electrons. The normalized spacial score (nSPS) is 20.3. The molecule has 0 amide bonds. The molecule has 36 heavy (non-hydrogen) atoms. The van der Waals surface area contributed by atoms with Gasteiger partial charge in [0.15, 0.2) is 10.9 Å². The maximum Gasteiger partial charge on any atom is 0.307 e. The molecule has 1 saturated carbocycles. The molecule has 0 N–H and O–H groups in total. The van der Waals surface area contributed by atoms with Crippen LogP contribution >= 0.6 is 11.8 Å². The summed E-state index contributed by atoms with van der Waals surface area (Å²) in [5.41, 5.74) is 2.09. The second-order valence-electron chi connectivity index (χ2n) is 9.24. The zero-order valence-electron chi connectivity index (χ0n) is 20.7. The van der Waals surface area contributed by atoms with Crippen LogP contribution in [0, 0.1) is 11.7 Å². The lowest BCUT2D eigenvalue weighted by atomic mass is 9.93. The van der Waals surface area contributed by atoms with E-state index in [0.29, 0.717) is 43.9 Å². The van der Waals surface area contributed by atoms with Gasteiger partial charge in [-0.3, -0.25) is 24.0 Å². The summed E-state index contributed by atoms with van der Waals surface area (Å²) in [6.07, 6.45) is 6.36. The molecule has 7 nitrogen and oxygen atoms in total. The number of carbonyl (C=O) groups excluding carboxylic acids is 3. The predicted molar refractivity (Wildman–Crippen MR) is 137 cm³/mol. The van der Waals surface area contributed by atoms with Gasteiger partial charge in [0.25, 0.3) is 0 Å². The highest BCUT2D eigenvalue weighted by molar-refractivity contribution is 8.14. The van der Waals surface area contributed by atoms with E-state index in [9.17, 15) is 18.8 Å². The van der Waals surface area contributed by atoms with Gasteiger partial charge in [0.05, 0.1) is 31.3 Å². The SMILES string of the molecule is CCOC(=O)CCn1ccc(C=C2CN(C(C(=O)C3CC3)c3ccccc3F)CC[C@@H]2SC(C)=O)n1. The topological polar surface area (TPSA) is 81.5 Å². The largest absolute Gasteiger partial charge is 0.466 e. The number of aromatic nitrogens is 2. The minimum Gasteiger partial charge on any atom is -0.466 e. The third kappa shape index (κ3) is 6.70. The molecule has 4 rings (SSSR count). The van der Waals surface area contributed by atoms with Crippen molar-refractivity contribution in [1.29, 1.82) is 0 Å². The van der Waals surface area contributed by atoms with Crippen LogP contribution in [0.3, 0.4) is 0 Å². The molecule has 1 unspecified atom stereocenters. The van der Waals surface area contributed by atoms with Gasteiger partial charge in [0, 0.05) is 42.9 Å². The molecule has 1 aromatic heterocycles. The van der Waals surface area contributed by atoms with Crippen LogP contribution in [0.2, 0.25) is 0 Å². The monoisotopic (exact) mass is 513 g/mol. The second-order valence-corrected chi connectivity index (χ2v) is 10.6. The summed E-state index contributed by atoms with van der Waals surface area (Å²) < 4.78 is 21.5. The summed E-state index contributed by atoms with van der Waals surface area (Å²) in [6.45, 7) is 5.11. The lowest BCUT2D eigenvalue weighted by Gasteiger charge is -2.38. The average Bonchev–Trinajstić information content (AvgIpc) is 3.60. The molecule has 0 bridgehead atoms. The highest BCUT2D eigenvalue weighted by Gasteiger charge is 2.41. The Morgan fingerprint density at radius 2 is 2.00 bits per heavy atom. The number of hydrogen-bond donors (Lipinski definition) is 0. The first-order chi connectivity index (χ1) is 17.4. The molecular formula is C27H32FN3O4S. The molecular weight excluding hydrogens is 481 g/mol. The molecule has 2 atom stereocenters. The third-order valence-corrected chi connectivity index (χ3v) is 7.60. The number of hydrogen-bond acceptors (Lipinski definition) is 7. The number of Topliss-reactive ketones (excluding diaryl/α,β-unsaturated/α-hetero) is 1. The average molecular weight is 514 g/mol. The first-order valence-corrected chi connectivity index (χ1v) is 13.3. The summed E-state index contributed by atoms with van der Waals surface area (Å²) in [5.74, 6) is -0.585. The molecule has 1 aliphatic heterocycles. The summed E-state index contributed by atoms with van der Waals surface area (Å²) >= 11 is 1.28. The maximum atomic E-state index is 14.8. The van der Waals surface area contributed by atoms with Gasteiger partial charge in [-0.2, -0.15) is 5.10 Å². The fourth-order valence-electron chi connectivity index (χ4n) is 4.60. The fourth-order valence-corrected chi connectivity index (χ4v) is 5.52. The van der Waals surface area contributed by atoms with E-state index in [1.165, 1.54) is 17.8 Å². The van der Waals surface area contributed by atoms with Crippen molar-refractivity contribution in [2.45, 2.75) is 57.4 Å². The van der Waals surface area contributed by atoms with Crippen LogP contribution in [0.5, 0.6) is 0 Å². The highest BCUT2D eigenvalue weighted by Crippen LogP contribution is 2.40. The van der Waals surface area contributed by atoms with Crippen molar-refractivity contribution in [3.8, 4) is 0 Å². The van der Waals surface area contributed by atoms with Gasteiger partial charge >= 0.3 is 5.97 Å². The second kappa shape index (κ2) is 12.0. The number of nitrogens with zero attached hydrogens (tertiary/aromatic N) is 3. The van der Waals surface area contributed by atoms with Crippen LogP contribution in [0.15, 0.2) is 42.1 Å². The van der Waals surface area contributed by atoms with E-state index in [1.807, 2.05) is 17.0 Å². The third-order valence-electron chi connectivity index (χ3n) is 6.45. The highest BCUT2D eigenvalue weighted by atomic mass is 32.2. The predicted octanol–water partition coefficient (Wildman–Crippen LogP) is 4.43. The van der Waals surface area contributed by atoms with Crippen molar-refractivity contribution in [3.05, 3.63) is 59.2 Å². The summed E-state index contributed by atoms with van der Waals surface area (Å²) in [7, 11) is 0. The number of aryl methyl sites for hydroxylation is 1. The van der Waals surface area contributed by atoms with Crippen LogP contribution in [-0.4, -0.2) is 56.5 Å². The molecule has 2 fully saturated rings. The lowest BCUT2D eigenvalue weighted by molar-refractivity contribution is -0.143. The van der Waals surface area contributed by atoms with Gasteiger partial charge in [0.1, 0.15) is 5.82 Å². The standard InChI is InChI=1S/C27H32FN3O4S/c1-3-35-25(33)12-15-31-14-10-21(29-31)16-20-17-30(13-11-24(20)36-18(2)32)26(27(34)19-8-9-19)22-6-4-5-7-23(22)28/h4-7,10,14,16,19,24,26H,3,8-9,11-13,15,17H2,1-2H3/t24-,26?/m0/s1. The quantitative estimate of drug-likeness (QED) is 0.435. The van der Waals surface area contributed by atoms with E-state index >= 15 is 0 Å². The number of piperidine rings is 1. The number of benzene rings is 1. The van der Waals surface area contributed by atoms with Crippen molar-refractivity contribution in [1.82, 2.24) is 14.7 Å². The summed E-state index contributed by atoms with van der Waals surface area (Å²) in [6, 6.07) is 7.72. The Morgan fingerprint density at radius 3 is 2.69 bits per heavy atom. The van der Waals surface area contributed by atoms with Gasteiger partial charge in [-0.15, -0.1) is 0 Å². The van der Waals surface area contributed by atoms with Gasteiger partial charge < -0.3 is 4.74 Å². The van der Waals surface area contributed by atoms with Crippen LogP contribution < -0.4 is 0 Å². The van der Waals surface area contributed by atoms with E-state index < -0.39 is 6.04 Å². The first-order valence-electron chi connectivity index (χ1n) is 12.4. The van der Waals surface area contributed by atoms with Crippen molar-refractivity contribution in [2.75, 3.05) is 19.7 Å². The van der Waals surface area contributed by atoms with E-state index in [2.05, 4.69) is 5.10 Å². The number of carbonyl (C=O) groups is 3. The van der Waals surface area contributed by atoms with E-state index in [-0.39, 0.29) is 40.3 Å². The van der Waals surface area contributed by atoms with Crippen LogP contribution in [0.4, 0.5) is 4.39 Å². The Bertz CT molecular complexity index is 1140. The van der Waals surface area contributed by atoms with Crippen LogP contribution in [0.25, 0.3) is 6.08 Å². The van der Waals surface area contributed by atoms with Crippen LogP contribution in [-0.2, 0) is 25.7 Å². The van der Waals surface area contributed by atoms with Crippen molar-refractivity contribution in [3.63, 3.8) is 0 Å². The van der Waals surface area contributed by atoms with Gasteiger partial charge in [-0.05, 0) is 50.0 Å². The number of thioether (sulfide) groups is 1. The van der Waals surface area contributed by atoms with E-state index in [0.717, 1.165) is 18.4 Å². The van der Waals surface area contributed by atoms with E-state index in [1.54, 1.807) is 42.9 Å². The molecule has 0 spiro atoms. The zero-order chi connectivity index (χ0) is 25.7. The number of ether oxygens (including phenoxy) is 1.